The topological polar surface area (TPSA) is 53.7 Å². The van der Waals surface area contributed by atoms with Crippen molar-refractivity contribution < 1.29 is 14.2 Å². The van der Waals surface area contributed by atoms with Crippen LogP contribution in [0.25, 0.3) is 0 Å². The van der Waals surface area contributed by atoms with Crippen molar-refractivity contribution in [2.24, 2.45) is 5.73 Å². The average molecular weight is 279 g/mol. The quantitative estimate of drug-likeness (QED) is 0.869. The summed E-state index contributed by atoms with van der Waals surface area (Å²) in [7, 11) is 3.45. The van der Waals surface area contributed by atoms with Crippen molar-refractivity contribution in [3.63, 3.8) is 0 Å². The summed E-state index contributed by atoms with van der Waals surface area (Å²) in [6.07, 6.45) is 5.10. The second-order valence-electron chi connectivity index (χ2n) is 5.31. The zero-order chi connectivity index (χ0) is 14.4. The lowest BCUT2D eigenvalue weighted by molar-refractivity contribution is -0.0363. The van der Waals surface area contributed by atoms with E-state index in [0.29, 0.717) is 25.4 Å². The first kappa shape index (κ1) is 15.3. The third-order valence-corrected chi connectivity index (χ3v) is 3.96. The molecule has 1 aromatic carbocycles. The van der Waals surface area contributed by atoms with Gasteiger partial charge in [0.25, 0.3) is 0 Å². The highest BCUT2D eigenvalue weighted by atomic mass is 16.5. The van der Waals surface area contributed by atoms with Crippen molar-refractivity contribution in [3.8, 4) is 5.75 Å². The summed E-state index contributed by atoms with van der Waals surface area (Å²) < 4.78 is 16.7. The molecule has 20 heavy (non-hydrogen) atoms. The van der Waals surface area contributed by atoms with E-state index in [4.69, 9.17) is 19.9 Å². The van der Waals surface area contributed by atoms with Gasteiger partial charge in [0.1, 0.15) is 5.75 Å². The van der Waals surface area contributed by atoms with E-state index >= 15 is 0 Å². The van der Waals surface area contributed by atoms with Crippen molar-refractivity contribution in [2.45, 2.75) is 51.0 Å². The summed E-state index contributed by atoms with van der Waals surface area (Å²) in [6.45, 7) is 1.10. The predicted octanol–water partition coefficient (Wildman–Crippen LogP) is 2.63. The Morgan fingerprint density at radius 3 is 2.70 bits per heavy atom. The van der Waals surface area contributed by atoms with Crippen LogP contribution in [0.1, 0.15) is 36.8 Å². The Morgan fingerprint density at radius 1 is 1.20 bits per heavy atom. The third kappa shape index (κ3) is 3.95. The zero-order valence-electron chi connectivity index (χ0n) is 12.4. The van der Waals surface area contributed by atoms with Crippen molar-refractivity contribution in [2.75, 3.05) is 14.2 Å². The van der Waals surface area contributed by atoms with Crippen LogP contribution in [0.15, 0.2) is 18.2 Å². The molecule has 1 aliphatic rings. The van der Waals surface area contributed by atoms with Crippen LogP contribution in [-0.2, 0) is 22.6 Å². The van der Waals surface area contributed by atoms with Crippen molar-refractivity contribution in [3.05, 3.63) is 29.3 Å². The van der Waals surface area contributed by atoms with E-state index in [0.717, 1.165) is 36.1 Å². The minimum atomic E-state index is 0.303. The van der Waals surface area contributed by atoms with Gasteiger partial charge in [-0.05, 0) is 43.4 Å². The standard InChI is InChI=1S/C16H25NO3/c1-18-14-4-3-5-15(9-14)20-11-12-6-7-16(19-2)13(8-12)10-17/h6-8,14-15H,3-5,9-11,17H2,1-2H3. The molecule has 0 saturated heterocycles. The van der Waals surface area contributed by atoms with Crippen LogP contribution in [0.3, 0.4) is 0 Å². The van der Waals surface area contributed by atoms with Gasteiger partial charge in [0.05, 0.1) is 25.9 Å². The highest BCUT2D eigenvalue weighted by Gasteiger charge is 2.22. The number of benzene rings is 1. The highest BCUT2D eigenvalue weighted by molar-refractivity contribution is 5.36. The molecule has 0 spiro atoms. The van der Waals surface area contributed by atoms with Gasteiger partial charge in [-0.2, -0.15) is 0 Å². The zero-order valence-corrected chi connectivity index (χ0v) is 12.4. The summed E-state index contributed by atoms with van der Waals surface area (Å²) in [5.74, 6) is 0.841. The first-order valence-corrected chi connectivity index (χ1v) is 7.27. The molecule has 2 atom stereocenters. The normalized spacial score (nSPS) is 22.8. The highest BCUT2D eigenvalue weighted by Crippen LogP contribution is 2.25. The first-order chi connectivity index (χ1) is 9.76. The van der Waals surface area contributed by atoms with Crippen LogP contribution >= 0.6 is 0 Å². The molecule has 4 nitrogen and oxygen atoms in total. The number of ether oxygens (including phenoxy) is 3. The lowest BCUT2D eigenvalue weighted by atomic mass is 9.95. The number of hydrogen-bond acceptors (Lipinski definition) is 4. The van der Waals surface area contributed by atoms with Gasteiger partial charge >= 0.3 is 0 Å². The van der Waals surface area contributed by atoms with Gasteiger partial charge in [-0.1, -0.05) is 6.07 Å². The Morgan fingerprint density at radius 2 is 2.00 bits per heavy atom. The van der Waals surface area contributed by atoms with Gasteiger partial charge in [0.15, 0.2) is 0 Å². The lowest BCUT2D eigenvalue weighted by Crippen LogP contribution is -2.27. The van der Waals surface area contributed by atoms with Crippen LogP contribution in [-0.4, -0.2) is 26.4 Å². The maximum Gasteiger partial charge on any atom is 0.123 e. The molecular weight excluding hydrogens is 254 g/mol. The van der Waals surface area contributed by atoms with Crippen LogP contribution in [0.4, 0.5) is 0 Å². The molecular formula is C16H25NO3. The number of rotatable bonds is 6. The summed E-state index contributed by atoms with van der Waals surface area (Å²) in [5, 5.41) is 0. The molecule has 112 valence electrons. The second kappa shape index (κ2) is 7.62. The minimum absolute atomic E-state index is 0.303. The van der Waals surface area contributed by atoms with Crippen molar-refractivity contribution in [1.82, 2.24) is 0 Å². The molecule has 0 bridgehead atoms. The van der Waals surface area contributed by atoms with Gasteiger partial charge in [0.2, 0.25) is 0 Å². The van der Waals surface area contributed by atoms with E-state index < -0.39 is 0 Å². The van der Waals surface area contributed by atoms with Crippen LogP contribution < -0.4 is 10.5 Å². The van der Waals surface area contributed by atoms with Crippen LogP contribution in [0.2, 0.25) is 0 Å². The molecule has 1 aliphatic carbocycles. The Balaban J connectivity index is 1.90. The van der Waals surface area contributed by atoms with Gasteiger partial charge < -0.3 is 19.9 Å². The Kier molecular flexibility index (Phi) is 5.83. The van der Waals surface area contributed by atoms with E-state index in [9.17, 15) is 0 Å². The molecule has 2 N–H and O–H groups in total. The average Bonchev–Trinajstić information content (AvgIpc) is 2.52. The first-order valence-electron chi connectivity index (χ1n) is 7.27. The molecule has 0 amide bonds. The molecule has 1 fully saturated rings. The summed E-state index contributed by atoms with van der Waals surface area (Å²) in [6, 6.07) is 6.06. The van der Waals surface area contributed by atoms with Gasteiger partial charge in [-0.25, -0.2) is 0 Å². The SMILES string of the molecule is COc1ccc(COC2CCCC(OC)C2)cc1CN. The maximum atomic E-state index is 6.01. The van der Waals surface area contributed by atoms with Crippen molar-refractivity contribution in [1.29, 1.82) is 0 Å². The number of nitrogens with two attached hydrogens (primary N) is 1. The molecule has 2 unspecified atom stereocenters. The predicted molar refractivity (Wildman–Crippen MR) is 78.7 cm³/mol. The Bertz CT molecular complexity index is 422. The molecule has 1 aromatic rings. The minimum Gasteiger partial charge on any atom is -0.496 e. The van der Waals surface area contributed by atoms with E-state index in [-0.39, 0.29) is 0 Å². The van der Waals surface area contributed by atoms with Crippen LogP contribution in [0.5, 0.6) is 5.75 Å². The van der Waals surface area contributed by atoms with E-state index in [1.807, 2.05) is 12.1 Å². The smallest absolute Gasteiger partial charge is 0.123 e. The monoisotopic (exact) mass is 279 g/mol. The lowest BCUT2D eigenvalue weighted by Gasteiger charge is -2.28. The molecule has 0 radical (unpaired) electrons. The van der Waals surface area contributed by atoms with Gasteiger partial charge in [-0.15, -0.1) is 0 Å². The number of hydrogen-bond donors (Lipinski definition) is 1. The summed E-state index contributed by atoms with van der Waals surface area (Å²) in [4.78, 5) is 0. The molecule has 1 saturated carbocycles. The third-order valence-electron chi connectivity index (χ3n) is 3.96. The fourth-order valence-corrected chi connectivity index (χ4v) is 2.76. The molecule has 0 heterocycles. The molecule has 2 rings (SSSR count). The largest absolute Gasteiger partial charge is 0.496 e. The fourth-order valence-electron chi connectivity index (χ4n) is 2.76. The number of methoxy groups -OCH3 is 2. The molecule has 4 heteroatoms. The second-order valence-corrected chi connectivity index (χ2v) is 5.31. The van der Waals surface area contributed by atoms with Gasteiger partial charge in [-0.3, -0.25) is 0 Å². The Hall–Kier alpha value is -1.10. The van der Waals surface area contributed by atoms with Crippen LogP contribution in [0, 0.1) is 0 Å². The van der Waals surface area contributed by atoms with Crippen molar-refractivity contribution >= 4 is 0 Å². The van der Waals surface area contributed by atoms with E-state index in [1.165, 1.54) is 6.42 Å². The maximum absolute atomic E-state index is 6.01. The summed E-state index contributed by atoms with van der Waals surface area (Å²) >= 11 is 0. The van der Waals surface area contributed by atoms with E-state index in [1.54, 1.807) is 14.2 Å². The molecule has 0 aromatic heterocycles. The molecule has 0 aliphatic heterocycles. The van der Waals surface area contributed by atoms with E-state index in [2.05, 4.69) is 6.07 Å². The fraction of sp³-hybridized carbons (Fsp3) is 0.625. The Labute approximate surface area is 121 Å². The van der Waals surface area contributed by atoms with Gasteiger partial charge in [0, 0.05) is 19.2 Å². The summed E-state index contributed by atoms with van der Waals surface area (Å²) in [5.41, 5.74) is 7.90.